The Morgan fingerprint density at radius 1 is 1.25 bits per heavy atom. The van der Waals surface area contributed by atoms with Crippen molar-refractivity contribution in [1.29, 1.82) is 0 Å². The minimum Gasteiger partial charge on any atom is -0.370 e. The molecule has 0 unspecified atom stereocenters. The van der Waals surface area contributed by atoms with E-state index in [9.17, 15) is 4.79 Å². The van der Waals surface area contributed by atoms with Gasteiger partial charge in [0.05, 0.1) is 5.69 Å². The molecule has 1 rings (SSSR count). The van der Waals surface area contributed by atoms with E-state index in [1.54, 1.807) is 4.90 Å². The lowest BCUT2D eigenvalue weighted by atomic mass is 10.0. The van der Waals surface area contributed by atoms with E-state index in [1.165, 1.54) is 7.05 Å². The van der Waals surface area contributed by atoms with Gasteiger partial charge in [0, 0.05) is 12.6 Å². The van der Waals surface area contributed by atoms with Gasteiger partial charge in [-0.1, -0.05) is 18.2 Å². The number of guanidine groups is 1. The summed E-state index contributed by atoms with van der Waals surface area (Å²) in [6.07, 6.45) is 0. The molecule has 0 saturated carbocycles. The van der Waals surface area contributed by atoms with Gasteiger partial charge in [0.15, 0.2) is 5.96 Å². The molecule has 5 nitrogen and oxygen atoms in total. The number of anilines is 1. The number of carbonyl (C=O) groups excluding carboxylic acids is 1. The SMILES string of the molecule is CN=C(N)NC(=O)N(c1c(C)cccc1C)C(C)(C)C. The quantitative estimate of drug-likeness (QED) is 0.611. The minimum absolute atomic E-state index is 0.107. The van der Waals surface area contributed by atoms with Crippen LogP contribution in [0.2, 0.25) is 0 Å². The number of hydrogen-bond donors (Lipinski definition) is 2. The van der Waals surface area contributed by atoms with E-state index in [0.29, 0.717) is 0 Å². The summed E-state index contributed by atoms with van der Waals surface area (Å²) in [6, 6.07) is 5.68. The van der Waals surface area contributed by atoms with E-state index < -0.39 is 0 Å². The van der Waals surface area contributed by atoms with E-state index in [4.69, 9.17) is 5.73 Å². The van der Waals surface area contributed by atoms with E-state index >= 15 is 0 Å². The summed E-state index contributed by atoms with van der Waals surface area (Å²) < 4.78 is 0. The number of nitrogens with zero attached hydrogens (tertiary/aromatic N) is 2. The number of amides is 2. The number of hydrogen-bond acceptors (Lipinski definition) is 2. The van der Waals surface area contributed by atoms with Gasteiger partial charge in [-0.25, -0.2) is 4.79 Å². The zero-order valence-corrected chi connectivity index (χ0v) is 13.1. The molecule has 1 aromatic rings. The maximum Gasteiger partial charge on any atom is 0.329 e. The smallest absolute Gasteiger partial charge is 0.329 e. The summed E-state index contributed by atoms with van der Waals surface area (Å²) in [5, 5.41) is 2.60. The summed E-state index contributed by atoms with van der Waals surface area (Å²) in [7, 11) is 1.54. The molecule has 0 atom stereocenters. The highest BCUT2D eigenvalue weighted by atomic mass is 16.2. The van der Waals surface area contributed by atoms with Gasteiger partial charge in [0.1, 0.15) is 0 Å². The highest BCUT2D eigenvalue weighted by Gasteiger charge is 2.30. The van der Waals surface area contributed by atoms with Crippen molar-refractivity contribution in [3.05, 3.63) is 29.3 Å². The lowest BCUT2D eigenvalue weighted by Gasteiger charge is -2.37. The van der Waals surface area contributed by atoms with Gasteiger partial charge in [0.25, 0.3) is 0 Å². The molecule has 110 valence electrons. The molecular formula is C15H24N4O. The minimum atomic E-state index is -0.380. The van der Waals surface area contributed by atoms with Gasteiger partial charge in [0.2, 0.25) is 0 Å². The number of carbonyl (C=O) groups is 1. The van der Waals surface area contributed by atoms with E-state index in [1.807, 2.05) is 52.8 Å². The molecule has 0 saturated heterocycles. The van der Waals surface area contributed by atoms with Crippen molar-refractivity contribution >= 4 is 17.7 Å². The van der Waals surface area contributed by atoms with E-state index in [2.05, 4.69) is 10.3 Å². The second-order valence-corrected chi connectivity index (χ2v) is 5.79. The fourth-order valence-corrected chi connectivity index (χ4v) is 2.12. The van der Waals surface area contributed by atoms with Crippen molar-refractivity contribution in [3.8, 4) is 0 Å². The summed E-state index contributed by atoms with van der Waals surface area (Å²) in [4.78, 5) is 18.0. The predicted molar refractivity (Wildman–Crippen MR) is 84.2 cm³/mol. The average molecular weight is 276 g/mol. The Bertz CT molecular complexity index is 509. The molecule has 0 fully saturated rings. The maximum absolute atomic E-state index is 12.5. The van der Waals surface area contributed by atoms with Crippen LogP contribution in [0.25, 0.3) is 0 Å². The summed E-state index contributed by atoms with van der Waals surface area (Å²) >= 11 is 0. The monoisotopic (exact) mass is 276 g/mol. The normalized spacial score (nSPS) is 12.2. The van der Waals surface area contributed by atoms with Crippen LogP contribution in [0.4, 0.5) is 10.5 Å². The molecule has 1 aromatic carbocycles. The van der Waals surface area contributed by atoms with Crippen LogP contribution in [0.15, 0.2) is 23.2 Å². The Morgan fingerprint density at radius 3 is 2.15 bits per heavy atom. The highest BCUT2D eigenvalue weighted by molar-refractivity contribution is 6.04. The van der Waals surface area contributed by atoms with Gasteiger partial charge < -0.3 is 5.73 Å². The highest BCUT2D eigenvalue weighted by Crippen LogP contribution is 2.30. The first-order valence-corrected chi connectivity index (χ1v) is 6.58. The summed E-state index contributed by atoms with van der Waals surface area (Å²) in [5.41, 5.74) is 8.21. The second-order valence-electron chi connectivity index (χ2n) is 5.79. The number of nitrogens with one attached hydrogen (secondary N) is 1. The molecule has 0 spiro atoms. The van der Waals surface area contributed by atoms with Crippen molar-refractivity contribution in [2.45, 2.75) is 40.2 Å². The number of nitrogens with two attached hydrogens (primary N) is 1. The standard InChI is InChI=1S/C15H24N4O/c1-10-8-7-9-11(2)12(10)19(15(3,4)5)14(20)18-13(16)17-6/h7-9H,1-6H3,(H3,16,17,18,20). The molecule has 5 heteroatoms. The van der Waals surface area contributed by atoms with Gasteiger partial charge in [-0.05, 0) is 45.7 Å². The van der Waals surface area contributed by atoms with Crippen LogP contribution >= 0.6 is 0 Å². The van der Waals surface area contributed by atoms with E-state index in [-0.39, 0.29) is 17.5 Å². The molecule has 20 heavy (non-hydrogen) atoms. The zero-order chi connectivity index (χ0) is 15.5. The Hall–Kier alpha value is -2.04. The number of para-hydroxylation sites is 1. The number of urea groups is 1. The molecule has 0 aromatic heterocycles. The van der Waals surface area contributed by atoms with E-state index in [0.717, 1.165) is 16.8 Å². The number of aryl methyl sites for hydroxylation is 2. The number of rotatable bonds is 1. The van der Waals surface area contributed by atoms with Crippen LogP contribution in [0.3, 0.4) is 0 Å². The van der Waals surface area contributed by atoms with Gasteiger partial charge in [-0.2, -0.15) is 0 Å². The first-order chi connectivity index (χ1) is 9.18. The zero-order valence-electron chi connectivity index (χ0n) is 13.1. The summed E-state index contributed by atoms with van der Waals surface area (Å²) in [5.74, 6) is 0.107. The van der Waals surface area contributed by atoms with Crippen LogP contribution in [0, 0.1) is 13.8 Å². The Morgan fingerprint density at radius 2 is 1.75 bits per heavy atom. The Balaban J connectivity index is 3.31. The number of benzene rings is 1. The largest absolute Gasteiger partial charge is 0.370 e. The molecule has 2 amide bonds. The molecule has 0 aliphatic heterocycles. The van der Waals surface area contributed by atoms with Crippen LogP contribution in [0.1, 0.15) is 31.9 Å². The average Bonchev–Trinajstić information content (AvgIpc) is 2.31. The van der Waals surface area contributed by atoms with Crippen LogP contribution in [-0.4, -0.2) is 24.6 Å². The van der Waals surface area contributed by atoms with Gasteiger partial charge in [-0.15, -0.1) is 0 Å². The molecule has 0 heterocycles. The van der Waals surface area contributed by atoms with Gasteiger partial charge in [-0.3, -0.25) is 15.2 Å². The number of aliphatic imine (C=N–C) groups is 1. The first kappa shape index (κ1) is 16.0. The van der Waals surface area contributed by atoms with Gasteiger partial charge >= 0.3 is 6.03 Å². The third-order valence-electron chi connectivity index (χ3n) is 3.01. The van der Waals surface area contributed by atoms with Crippen molar-refractivity contribution in [3.63, 3.8) is 0 Å². The van der Waals surface area contributed by atoms with Crippen LogP contribution < -0.4 is 16.0 Å². The molecule has 0 radical (unpaired) electrons. The van der Waals surface area contributed by atoms with Crippen molar-refractivity contribution in [2.75, 3.05) is 11.9 Å². The second kappa shape index (κ2) is 5.94. The topological polar surface area (TPSA) is 70.7 Å². The van der Waals surface area contributed by atoms with Crippen molar-refractivity contribution < 1.29 is 4.79 Å². The third-order valence-corrected chi connectivity index (χ3v) is 3.01. The molecule has 0 aliphatic carbocycles. The lowest BCUT2D eigenvalue weighted by Crippen LogP contribution is -2.54. The summed E-state index contributed by atoms with van der Waals surface area (Å²) in [6.45, 7) is 9.93. The third kappa shape index (κ3) is 3.50. The van der Waals surface area contributed by atoms with Crippen molar-refractivity contribution in [2.24, 2.45) is 10.7 Å². The molecular weight excluding hydrogens is 252 g/mol. The van der Waals surface area contributed by atoms with Crippen LogP contribution in [-0.2, 0) is 0 Å². The fraction of sp³-hybridized carbons (Fsp3) is 0.467. The molecule has 0 aliphatic rings. The first-order valence-electron chi connectivity index (χ1n) is 6.58. The lowest BCUT2D eigenvalue weighted by molar-refractivity contribution is 0.245. The predicted octanol–water partition coefficient (Wildman–Crippen LogP) is 2.56. The Labute approximate surface area is 120 Å². The Kier molecular flexibility index (Phi) is 4.76. The van der Waals surface area contributed by atoms with Crippen molar-refractivity contribution in [1.82, 2.24) is 5.32 Å². The fourth-order valence-electron chi connectivity index (χ4n) is 2.12. The molecule has 3 N–H and O–H groups in total. The van der Waals surface area contributed by atoms with Crippen LogP contribution in [0.5, 0.6) is 0 Å². The molecule has 0 bridgehead atoms. The maximum atomic E-state index is 12.5.